The first-order chi connectivity index (χ1) is 38.0. The van der Waals surface area contributed by atoms with Crippen LogP contribution in [-0.2, 0) is 18.4 Å². The number of likely N-dealkylation sites (N-methyl/N-ethyl adjacent to an activating group) is 1. The van der Waals surface area contributed by atoms with Crippen molar-refractivity contribution in [3.8, 4) is 0 Å². The van der Waals surface area contributed by atoms with Gasteiger partial charge in [-0.25, -0.2) is 0 Å². The standard InChI is InChI=1S/C69H135N2O6P/c1-6-8-10-12-14-16-18-20-22-24-26-28-30-32-34-35-36-37-39-41-43-45-47-49-51-53-55-57-59-61-63-69(73)70-67(66-77-78(74,75)76-65-64-71(3,4)5)68(72)62-60-58-56-54-52-50-48-46-44-42-40-38-33-31-29-27-25-23-21-19-17-15-13-11-9-7-2/h44,46,52,54,60,62,67-68,72H,6-43,45,47-51,53,55-59,61,63-66H2,1-5H3,(H-,70,73,74,75)/b46-44+,54-52+,62-60+. The number of phosphoric acid groups is 1. The molecule has 0 radical (unpaired) electrons. The number of hydrogen-bond donors (Lipinski definition) is 2. The molecule has 0 spiro atoms. The van der Waals surface area contributed by atoms with Gasteiger partial charge >= 0.3 is 0 Å². The third-order valence-corrected chi connectivity index (χ3v) is 16.8. The third kappa shape index (κ3) is 62.3. The van der Waals surface area contributed by atoms with E-state index in [0.29, 0.717) is 17.4 Å². The molecule has 8 nitrogen and oxygen atoms in total. The molecule has 0 saturated heterocycles. The Balaban J connectivity index is 4.11. The molecule has 0 aliphatic heterocycles. The van der Waals surface area contributed by atoms with Crippen molar-refractivity contribution < 1.29 is 32.9 Å². The smallest absolute Gasteiger partial charge is 0.268 e. The monoisotopic (exact) mass is 1120 g/mol. The molecule has 3 unspecified atom stereocenters. The number of hydrogen-bond acceptors (Lipinski definition) is 6. The third-order valence-electron chi connectivity index (χ3n) is 15.8. The van der Waals surface area contributed by atoms with Crippen molar-refractivity contribution in [1.29, 1.82) is 0 Å². The second-order valence-corrected chi connectivity index (χ2v) is 26.3. The van der Waals surface area contributed by atoms with Crippen LogP contribution >= 0.6 is 7.82 Å². The van der Waals surface area contributed by atoms with E-state index in [0.717, 1.165) is 44.9 Å². The molecular weight excluding hydrogens is 984 g/mol. The largest absolute Gasteiger partial charge is 0.756 e. The molecule has 462 valence electrons. The summed E-state index contributed by atoms with van der Waals surface area (Å²) in [6, 6.07) is -0.909. The van der Waals surface area contributed by atoms with Gasteiger partial charge in [0.2, 0.25) is 5.91 Å². The van der Waals surface area contributed by atoms with E-state index >= 15 is 0 Å². The Hall–Kier alpha value is -1.28. The van der Waals surface area contributed by atoms with Crippen LogP contribution in [0.3, 0.4) is 0 Å². The number of amides is 1. The van der Waals surface area contributed by atoms with Crippen molar-refractivity contribution in [2.75, 3.05) is 40.9 Å². The molecule has 9 heteroatoms. The summed E-state index contributed by atoms with van der Waals surface area (Å²) in [4.78, 5) is 25.6. The Labute approximate surface area is 487 Å². The average molecular weight is 1120 g/mol. The highest BCUT2D eigenvalue weighted by molar-refractivity contribution is 7.45. The predicted molar refractivity (Wildman–Crippen MR) is 339 cm³/mol. The number of allylic oxidation sites excluding steroid dienone is 5. The first-order valence-electron chi connectivity index (χ1n) is 34.4. The minimum absolute atomic E-state index is 0.00710. The maximum absolute atomic E-state index is 13.0. The molecule has 2 N–H and O–H groups in total. The van der Waals surface area contributed by atoms with Gasteiger partial charge in [0.25, 0.3) is 7.82 Å². The number of quaternary nitrogens is 1. The Morgan fingerprint density at radius 3 is 1.04 bits per heavy atom. The summed E-state index contributed by atoms with van der Waals surface area (Å²) >= 11 is 0. The van der Waals surface area contributed by atoms with E-state index < -0.39 is 26.6 Å². The van der Waals surface area contributed by atoms with Crippen molar-refractivity contribution in [2.45, 2.75) is 360 Å². The normalized spacial score (nSPS) is 13.9. The van der Waals surface area contributed by atoms with Crippen LogP contribution in [0.25, 0.3) is 0 Å². The van der Waals surface area contributed by atoms with Gasteiger partial charge in [0.05, 0.1) is 39.9 Å². The zero-order chi connectivity index (χ0) is 57.0. The molecule has 0 aromatic rings. The molecule has 0 rings (SSSR count). The zero-order valence-electron chi connectivity index (χ0n) is 52.9. The number of unbranched alkanes of at least 4 members (excludes halogenated alkanes) is 47. The molecule has 0 saturated carbocycles. The van der Waals surface area contributed by atoms with Crippen LogP contribution in [0.5, 0.6) is 0 Å². The Bertz CT molecular complexity index is 1360. The summed E-state index contributed by atoms with van der Waals surface area (Å²) in [7, 11) is 1.25. The highest BCUT2D eigenvalue weighted by Gasteiger charge is 2.23. The van der Waals surface area contributed by atoms with E-state index in [4.69, 9.17) is 9.05 Å². The van der Waals surface area contributed by atoms with E-state index in [-0.39, 0.29) is 12.5 Å². The molecule has 3 atom stereocenters. The Morgan fingerprint density at radius 2 is 0.718 bits per heavy atom. The molecular formula is C69H135N2O6P. The lowest BCUT2D eigenvalue weighted by Gasteiger charge is -2.29. The minimum Gasteiger partial charge on any atom is -0.756 e. The van der Waals surface area contributed by atoms with Crippen molar-refractivity contribution in [3.05, 3.63) is 36.5 Å². The predicted octanol–water partition coefficient (Wildman–Crippen LogP) is 21.0. The second-order valence-electron chi connectivity index (χ2n) is 24.9. The van der Waals surface area contributed by atoms with Gasteiger partial charge < -0.3 is 28.8 Å². The molecule has 1 amide bonds. The van der Waals surface area contributed by atoms with Crippen molar-refractivity contribution >= 4 is 13.7 Å². The fraction of sp³-hybridized carbons (Fsp3) is 0.899. The van der Waals surface area contributed by atoms with Crippen LogP contribution in [0, 0.1) is 0 Å². The lowest BCUT2D eigenvalue weighted by molar-refractivity contribution is -0.870. The van der Waals surface area contributed by atoms with Crippen LogP contribution in [0.2, 0.25) is 0 Å². The van der Waals surface area contributed by atoms with E-state index in [2.05, 4.69) is 43.5 Å². The number of carbonyl (C=O) groups excluding carboxylic acids is 1. The van der Waals surface area contributed by atoms with Gasteiger partial charge in [0.15, 0.2) is 0 Å². The van der Waals surface area contributed by atoms with Gasteiger partial charge in [-0.3, -0.25) is 9.36 Å². The number of aliphatic hydroxyl groups is 1. The highest BCUT2D eigenvalue weighted by Crippen LogP contribution is 2.38. The second kappa shape index (κ2) is 60.3. The van der Waals surface area contributed by atoms with E-state index in [9.17, 15) is 19.4 Å². The molecule has 0 aliphatic rings. The molecule has 0 aliphatic carbocycles. The van der Waals surface area contributed by atoms with Crippen LogP contribution in [0.4, 0.5) is 0 Å². The number of nitrogens with one attached hydrogen (secondary N) is 1. The number of nitrogens with zero attached hydrogens (tertiary/aromatic N) is 1. The van der Waals surface area contributed by atoms with Crippen LogP contribution < -0.4 is 10.2 Å². The molecule has 0 aromatic heterocycles. The molecule has 78 heavy (non-hydrogen) atoms. The summed E-state index contributed by atoms with van der Waals surface area (Å²) in [5, 5.41) is 13.9. The first-order valence-corrected chi connectivity index (χ1v) is 35.8. The summed E-state index contributed by atoms with van der Waals surface area (Å²) in [5.41, 5.74) is 0. The van der Waals surface area contributed by atoms with E-state index in [1.54, 1.807) is 6.08 Å². The van der Waals surface area contributed by atoms with Gasteiger partial charge in [-0.2, -0.15) is 0 Å². The summed E-state index contributed by atoms with van der Waals surface area (Å²) in [5.74, 6) is -0.204. The summed E-state index contributed by atoms with van der Waals surface area (Å²) in [6.07, 6.45) is 79.9. The maximum Gasteiger partial charge on any atom is 0.268 e. The Kier molecular flexibility index (Phi) is 59.3. The van der Waals surface area contributed by atoms with Crippen LogP contribution in [-0.4, -0.2) is 68.5 Å². The van der Waals surface area contributed by atoms with E-state index in [1.807, 2.05) is 27.2 Å². The average Bonchev–Trinajstić information content (AvgIpc) is 3.41. The quantitative estimate of drug-likeness (QED) is 0.0272. The van der Waals surface area contributed by atoms with Crippen LogP contribution in [0.15, 0.2) is 36.5 Å². The molecule has 0 heterocycles. The highest BCUT2D eigenvalue weighted by atomic mass is 31.2. The number of aliphatic hydroxyl groups excluding tert-OH is 1. The zero-order valence-corrected chi connectivity index (χ0v) is 53.8. The van der Waals surface area contributed by atoms with E-state index in [1.165, 1.54) is 283 Å². The number of rotatable bonds is 64. The SMILES string of the molecule is CCCCCCCCCCCCCCCCCC/C=C/CC/C=C/CC/C=C/C(O)C(COP(=O)([O-])OCC[N+](C)(C)C)NC(=O)CCCCCCCCCCCCCCCCCCCCCCCCCCCCCCCC. The summed E-state index contributed by atoms with van der Waals surface area (Å²) < 4.78 is 23.4. The van der Waals surface area contributed by atoms with Gasteiger partial charge in [-0.15, -0.1) is 0 Å². The lowest BCUT2D eigenvalue weighted by Crippen LogP contribution is -2.45. The molecule has 0 bridgehead atoms. The maximum atomic E-state index is 13.0. The van der Waals surface area contributed by atoms with Crippen LogP contribution in [0.1, 0.15) is 348 Å². The fourth-order valence-electron chi connectivity index (χ4n) is 10.5. The lowest BCUT2D eigenvalue weighted by atomic mass is 10.0. The number of phosphoric ester groups is 1. The first kappa shape index (κ1) is 76.7. The number of carbonyl (C=O) groups is 1. The minimum atomic E-state index is -4.61. The van der Waals surface area contributed by atoms with Crippen molar-refractivity contribution in [2.24, 2.45) is 0 Å². The molecule has 0 aromatic carbocycles. The van der Waals surface area contributed by atoms with Gasteiger partial charge in [-0.1, -0.05) is 333 Å². The molecule has 0 fully saturated rings. The van der Waals surface area contributed by atoms with Crippen molar-refractivity contribution in [1.82, 2.24) is 5.32 Å². The fourth-order valence-corrected chi connectivity index (χ4v) is 11.2. The van der Waals surface area contributed by atoms with Gasteiger partial charge in [0, 0.05) is 6.42 Å². The Morgan fingerprint density at radius 1 is 0.436 bits per heavy atom. The summed E-state index contributed by atoms with van der Waals surface area (Å²) in [6.45, 7) is 4.68. The van der Waals surface area contributed by atoms with Crippen molar-refractivity contribution in [3.63, 3.8) is 0 Å². The van der Waals surface area contributed by atoms with Gasteiger partial charge in [0.1, 0.15) is 13.2 Å². The topological polar surface area (TPSA) is 108 Å². The van der Waals surface area contributed by atoms with Gasteiger partial charge in [-0.05, 0) is 44.9 Å².